The molecule has 0 radical (unpaired) electrons. The van der Waals surface area contributed by atoms with E-state index in [4.69, 9.17) is 23.2 Å². The second kappa shape index (κ2) is 7.55. The first-order valence-corrected chi connectivity index (χ1v) is 8.57. The molecule has 4 heteroatoms. The van der Waals surface area contributed by atoms with Crippen LogP contribution in [0.4, 0.5) is 0 Å². The average molecular weight is 340 g/mol. The molecule has 0 heterocycles. The molecular formula is C17H19Cl2NS. The van der Waals surface area contributed by atoms with Gasteiger partial charge in [-0.1, -0.05) is 41.4 Å². The van der Waals surface area contributed by atoms with Crippen LogP contribution < -0.4 is 5.32 Å². The highest BCUT2D eigenvalue weighted by Gasteiger charge is 2.11. The molecular weight excluding hydrogens is 321 g/mol. The van der Waals surface area contributed by atoms with Crippen molar-refractivity contribution in [2.45, 2.75) is 24.8 Å². The van der Waals surface area contributed by atoms with E-state index in [9.17, 15) is 0 Å². The molecule has 0 spiro atoms. The number of hydrogen-bond donors (Lipinski definition) is 1. The van der Waals surface area contributed by atoms with E-state index in [1.165, 1.54) is 16.7 Å². The predicted molar refractivity (Wildman–Crippen MR) is 94.9 cm³/mol. The van der Waals surface area contributed by atoms with Gasteiger partial charge in [-0.15, -0.1) is 11.8 Å². The van der Waals surface area contributed by atoms with Crippen molar-refractivity contribution in [2.75, 3.05) is 12.8 Å². The molecule has 0 saturated carbocycles. The zero-order valence-corrected chi connectivity index (χ0v) is 14.7. The molecule has 1 unspecified atom stereocenters. The Labute approximate surface area is 141 Å². The minimum absolute atomic E-state index is 0.309. The Morgan fingerprint density at radius 1 is 1.00 bits per heavy atom. The van der Waals surface area contributed by atoms with Gasteiger partial charge in [0.2, 0.25) is 0 Å². The molecule has 2 aromatic rings. The summed E-state index contributed by atoms with van der Waals surface area (Å²) in [6, 6.07) is 12.7. The van der Waals surface area contributed by atoms with Crippen molar-refractivity contribution >= 4 is 35.0 Å². The van der Waals surface area contributed by atoms with Gasteiger partial charge in [0.1, 0.15) is 0 Å². The summed E-state index contributed by atoms with van der Waals surface area (Å²) in [5.74, 6) is 0.941. The van der Waals surface area contributed by atoms with Gasteiger partial charge in [0.25, 0.3) is 0 Å². The highest BCUT2D eigenvalue weighted by Crippen LogP contribution is 2.30. The van der Waals surface area contributed by atoms with E-state index < -0.39 is 0 Å². The Morgan fingerprint density at radius 3 is 2.38 bits per heavy atom. The molecule has 1 N–H and O–H groups in total. The largest absolute Gasteiger partial charge is 0.312 e. The van der Waals surface area contributed by atoms with Crippen molar-refractivity contribution < 1.29 is 0 Å². The molecule has 0 amide bonds. The van der Waals surface area contributed by atoms with Gasteiger partial charge in [0.05, 0.1) is 10.0 Å². The van der Waals surface area contributed by atoms with E-state index in [-0.39, 0.29) is 0 Å². The lowest BCUT2D eigenvalue weighted by molar-refractivity contribution is 0.661. The Morgan fingerprint density at radius 2 is 1.76 bits per heavy atom. The van der Waals surface area contributed by atoms with Crippen LogP contribution in [0, 0.1) is 13.8 Å². The third kappa shape index (κ3) is 4.40. The van der Waals surface area contributed by atoms with Gasteiger partial charge in [-0.25, -0.2) is 0 Å². The van der Waals surface area contributed by atoms with Crippen LogP contribution >= 0.6 is 35.0 Å². The lowest BCUT2D eigenvalue weighted by Gasteiger charge is -2.17. The van der Waals surface area contributed by atoms with Gasteiger partial charge in [0, 0.05) is 16.7 Å². The summed E-state index contributed by atoms with van der Waals surface area (Å²) in [6.07, 6.45) is 0. The Balaban J connectivity index is 2.08. The van der Waals surface area contributed by atoms with Crippen LogP contribution in [0.25, 0.3) is 0 Å². The van der Waals surface area contributed by atoms with Crippen molar-refractivity contribution in [2.24, 2.45) is 0 Å². The number of benzene rings is 2. The van der Waals surface area contributed by atoms with Crippen LogP contribution in [0.3, 0.4) is 0 Å². The van der Waals surface area contributed by atoms with Gasteiger partial charge in [0.15, 0.2) is 0 Å². The normalized spacial score (nSPS) is 12.4. The van der Waals surface area contributed by atoms with Crippen LogP contribution in [0.5, 0.6) is 0 Å². The Hall–Kier alpha value is -0.670. The maximum Gasteiger partial charge on any atom is 0.0603 e. The molecule has 1 nitrogen and oxygen atoms in total. The summed E-state index contributed by atoms with van der Waals surface area (Å²) in [7, 11) is 2.00. The Kier molecular flexibility index (Phi) is 6.00. The van der Waals surface area contributed by atoms with E-state index in [1.807, 2.05) is 25.2 Å². The fourth-order valence-corrected chi connectivity index (χ4v) is 3.52. The minimum atomic E-state index is 0.309. The molecule has 0 aliphatic heterocycles. The Bertz CT molecular complexity index is 628. The molecule has 0 aliphatic rings. The monoisotopic (exact) mass is 339 g/mol. The molecule has 21 heavy (non-hydrogen) atoms. The first-order chi connectivity index (χ1) is 10.0. The molecule has 0 saturated heterocycles. The third-order valence-electron chi connectivity index (χ3n) is 3.59. The summed E-state index contributed by atoms with van der Waals surface area (Å²) in [4.78, 5) is 1.13. The van der Waals surface area contributed by atoms with Crippen LogP contribution in [-0.2, 0) is 0 Å². The number of halogens is 2. The van der Waals surface area contributed by atoms with Crippen molar-refractivity contribution in [3.8, 4) is 0 Å². The van der Waals surface area contributed by atoms with Crippen LogP contribution in [-0.4, -0.2) is 12.8 Å². The zero-order valence-electron chi connectivity index (χ0n) is 12.4. The molecule has 2 aromatic carbocycles. The van der Waals surface area contributed by atoms with Gasteiger partial charge >= 0.3 is 0 Å². The first kappa shape index (κ1) is 16.7. The maximum atomic E-state index is 6.06. The third-order valence-corrected chi connectivity index (χ3v) is 5.42. The summed E-state index contributed by atoms with van der Waals surface area (Å²) >= 11 is 13.8. The highest BCUT2D eigenvalue weighted by molar-refractivity contribution is 7.99. The van der Waals surface area contributed by atoms with Crippen molar-refractivity contribution in [1.82, 2.24) is 5.32 Å². The van der Waals surface area contributed by atoms with E-state index in [1.54, 1.807) is 11.8 Å². The number of rotatable bonds is 5. The van der Waals surface area contributed by atoms with Crippen LogP contribution in [0.1, 0.15) is 22.7 Å². The SMILES string of the molecule is CNC(CSc1ccc(Cl)c(Cl)c1)c1ccc(C)c(C)c1. The van der Waals surface area contributed by atoms with Gasteiger partial charge in [-0.2, -0.15) is 0 Å². The first-order valence-electron chi connectivity index (χ1n) is 6.83. The summed E-state index contributed by atoms with van der Waals surface area (Å²) in [5.41, 5.74) is 3.96. The minimum Gasteiger partial charge on any atom is -0.312 e. The second-order valence-corrected chi connectivity index (χ2v) is 6.98. The standard InChI is InChI=1S/C17H19Cl2NS/c1-11-4-5-13(8-12(11)2)17(20-3)10-21-14-6-7-15(18)16(19)9-14/h4-9,17,20H,10H2,1-3H3. The van der Waals surface area contributed by atoms with E-state index in [2.05, 4.69) is 37.4 Å². The second-order valence-electron chi connectivity index (χ2n) is 5.07. The quantitative estimate of drug-likeness (QED) is 0.705. The lowest BCUT2D eigenvalue weighted by Crippen LogP contribution is -2.18. The molecule has 0 aliphatic carbocycles. The summed E-state index contributed by atoms with van der Waals surface area (Å²) in [6.45, 7) is 4.29. The molecule has 112 valence electrons. The predicted octanol–water partition coefficient (Wildman–Crippen LogP) is 5.66. The number of aryl methyl sites for hydroxylation is 2. The maximum absolute atomic E-state index is 6.06. The topological polar surface area (TPSA) is 12.0 Å². The molecule has 0 fully saturated rings. The number of hydrogen-bond acceptors (Lipinski definition) is 2. The molecule has 0 aromatic heterocycles. The number of thioether (sulfide) groups is 1. The van der Waals surface area contributed by atoms with Gasteiger partial charge in [-0.3, -0.25) is 0 Å². The van der Waals surface area contributed by atoms with Crippen LogP contribution in [0.2, 0.25) is 10.0 Å². The van der Waals surface area contributed by atoms with E-state index >= 15 is 0 Å². The lowest BCUT2D eigenvalue weighted by atomic mass is 10.0. The van der Waals surface area contributed by atoms with Crippen molar-refractivity contribution in [3.05, 3.63) is 63.1 Å². The van der Waals surface area contributed by atoms with Gasteiger partial charge < -0.3 is 5.32 Å². The average Bonchev–Trinajstić information content (AvgIpc) is 2.47. The summed E-state index contributed by atoms with van der Waals surface area (Å²) < 4.78 is 0. The van der Waals surface area contributed by atoms with Crippen molar-refractivity contribution in [3.63, 3.8) is 0 Å². The number of nitrogens with one attached hydrogen (secondary N) is 1. The van der Waals surface area contributed by atoms with Crippen LogP contribution in [0.15, 0.2) is 41.3 Å². The smallest absolute Gasteiger partial charge is 0.0603 e. The highest BCUT2D eigenvalue weighted by atomic mass is 35.5. The summed E-state index contributed by atoms with van der Waals surface area (Å²) in [5, 5.41) is 4.58. The van der Waals surface area contributed by atoms with E-state index in [0.29, 0.717) is 16.1 Å². The van der Waals surface area contributed by atoms with E-state index in [0.717, 1.165) is 10.6 Å². The zero-order chi connectivity index (χ0) is 15.4. The molecule has 1 atom stereocenters. The van der Waals surface area contributed by atoms with Crippen molar-refractivity contribution in [1.29, 1.82) is 0 Å². The fraction of sp³-hybridized carbons (Fsp3) is 0.294. The molecule has 2 rings (SSSR count). The van der Waals surface area contributed by atoms with Gasteiger partial charge in [-0.05, 0) is 55.8 Å². The molecule has 0 bridgehead atoms. The fourth-order valence-electron chi connectivity index (χ4n) is 2.07.